The van der Waals surface area contributed by atoms with Gasteiger partial charge in [-0.05, 0) is 45.0 Å². The van der Waals surface area contributed by atoms with E-state index in [2.05, 4.69) is 19.2 Å². The maximum Gasteiger partial charge on any atom is 0.173 e. The van der Waals surface area contributed by atoms with Crippen LogP contribution in [0.15, 0.2) is 35.5 Å². The standard InChI is InChI=1S/C20H28N2O2S/c1-5-7-13-24-17-11-9-8-10-16(17)19-18(15(4)23)14(3)22(12-6-2)20(25)21-19/h8-11,19H,5-7,12-13H2,1-4H3,(H,21,25). The van der Waals surface area contributed by atoms with Crippen molar-refractivity contribution >= 4 is 23.1 Å². The monoisotopic (exact) mass is 360 g/mol. The Balaban J connectivity index is 2.44. The summed E-state index contributed by atoms with van der Waals surface area (Å²) in [4.78, 5) is 14.4. The van der Waals surface area contributed by atoms with Gasteiger partial charge in [-0.25, -0.2) is 0 Å². The van der Waals surface area contributed by atoms with Crippen LogP contribution in [-0.2, 0) is 4.79 Å². The predicted octanol–water partition coefficient (Wildman–Crippen LogP) is 4.37. The molecule has 1 unspecified atom stereocenters. The molecule has 0 fully saturated rings. The molecule has 5 heteroatoms. The number of hydrogen-bond donors (Lipinski definition) is 1. The highest BCUT2D eigenvalue weighted by molar-refractivity contribution is 7.80. The van der Waals surface area contributed by atoms with E-state index in [1.165, 1.54) is 0 Å². The fourth-order valence-electron chi connectivity index (χ4n) is 3.14. The lowest BCUT2D eigenvalue weighted by molar-refractivity contribution is -0.114. The van der Waals surface area contributed by atoms with Gasteiger partial charge < -0.3 is 15.0 Å². The van der Waals surface area contributed by atoms with Crippen LogP contribution in [0.2, 0.25) is 0 Å². The van der Waals surface area contributed by atoms with Crippen molar-refractivity contribution in [1.29, 1.82) is 0 Å². The molecule has 0 spiro atoms. The van der Waals surface area contributed by atoms with Crippen molar-refractivity contribution in [3.05, 3.63) is 41.1 Å². The van der Waals surface area contributed by atoms with E-state index in [1.54, 1.807) is 6.92 Å². The number of para-hydroxylation sites is 1. The third-order valence-corrected chi connectivity index (χ3v) is 4.75. The zero-order valence-corrected chi connectivity index (χ0v) is 16.4. The second kappa shape index (κ2) is 8.99. The Kier molecular flexibility index (Phi) is 7.00. The van der Waals surface area contributed by atoms with E-state index in [0.29, 0.717) is 11.7 Å². The summed E-state index contributed by atoms with van der Waals surface area (Å²) in [5, 5.41) is 4.02. The number of nitrogens with zero attached hydrogens (tertiary/aromatic N) is 1. The van der Waals surface area contributed by atoms with E-state index in [1.807, 2.05) is 36.1 Å². The van der Waals surface area contributed by atoms with Gasteiger partial charge in [-0.2, -0.15) is 0 Å². The van der Waals surface area contributed by atoms with E-state index in [-0.39, 0.29) is 11.8 Å². The number of allylic oxidation sites excluding steroid dienone is 1. The molecule has 0 aromatic heterocycles. The highest BCUT2D eigenvalue weighted by atomic mass is 32.1. The average molecular weight is 361 g/mol. The Bertz CT molecular complexity index is 669. The summed E-state index contributed by atoms with van der Waals surface area (Å²) < 4.78 is 5.97. The van der Waals surface area contributed by atoms with Crippen molar-refractivity contribution in [3.63, 3.8) is 0 Å². The van der Waals surface area contributed by atoms with E-state index in [9.17, 15) is 4.79 Å². The van der Waals surface area contributed by atoms with E-state index >= 15 is 0 Å². The zero-order valence-electron chi connectivity index (χ0n) is 15.6. The molecular weight excluding hydrogens is 332 g/mol. The Morgan fingerprint density at radius 2 is 2.00 bits per heavy atom. The first-order valence-corrected chi connectivity index (χ1v) is 9.43. The molecule has 1 atom stereocenters. The summed E-state index contributed by atoms with van der Waals surface area (Å²) in [6.45, 7) is 9.31. The Labute approximate surface area is 156 Å². The molecule has 0 aliphatic carbocycles. The molecule has 0 amide bonds. The minimum absolute atomic E-state index is 0.0574. The van der Waals surface area contributed by atoms with Crippen LogP contribution in [0.1, 0.15) is 58.6 Å². The van der Waals surface area contributed by atoms with Crippen molar-refractivity contribution in [2.24, 2.45) is 0 Å². The average Bonchev–Trinajstić information content (AvgIpc) is 2.58. The lowest BCUT2D eigenvalue weighted by atomic mass is 9.92. The number of unbranched alkanes of at least 4 members (excludes halogenated alkanes) is 1. The number of Topliss-reactive ketones (excluding diaryl/α,β-unsaturated/α-hetero) is 1. The van der Waals surface area contributed by atoms with Crippen LogP contribution in [-0.4, -0.2) is 28.9 Å². The summed E-state index contributed by atoms with van der Waals surface area (Å²) in [5.41, 5.74) is 2.65. The quantitative estimate of drug-likeness (QED) is 0.551. The number of nitrogens with one attached hydrogen (secondary N) is 1. The van der Waals surface area contributed by atoms with E-state index < -0.39 is 0 Å². The first-order valence-electron chi connectivity index (χ1n) is 9.02. The summed E-state index contributed by atoms with van der Waals surface area (Å²) in [6, 6.07) is 7.63. The van der Waals surface area contributed by atoms with Crippen LogP contribution >= 0.6 is 12.2 Å². The second-order valence-corrected chi connectivity index (χ2v) is 6.72. The molecule has 136 valence electrons. The molecule has 0 saturated heterocycles. The minimum Gasteiger partial charge on any atom is -0.493 e. The van der Waals surface area contributed by atoms with Crippen molar-refractivity contribution in [1.82, 2.24) is 10.2 Å². The van der Waals surface area contributed by atoms with Crippen molar-refractivity contribution in [2.75, 3.05) is 13.2 Å². The molecule has 0 bridgehead atoms. The molecule has 2 rings (SSSR count). The maximum absolute atomic E-state index is 12.4. The van der Waals surface area contributed by atoms with Gasteiger partial charge >= 0.3 is 0 Å². The topological polar surface area (TPSA) is 41.6 Å². The molecule has 1 aliphatic heterocycles. The fourth-order valence-corrected chi connectivity index (χ4v) is 3.49. The van der Waals surface area contributed by atoms with Gasteiger partial charge in [-0.3, -0.25) is 4.79 Å². The third kappa shape index (κ3) is 4.40. The molecule has 1 N–H and O–H groups in total. The maximum atomic E-state index is 12.4. The van der Waals surface area contributed by atoms with Gasteiger partial charge in [0.25, 0.3) is 0 Å². The SMILES string of the molecule is CCCCOc1ccccc1C1NC(=S)N(CCC)C(C)=C1C(C)=O. The first kappa shape index (κ1) is 19.4. The Morgan fingerprint density at radius 3 is 2.64 bits per heavy atom. The lowest BCUT2D eigenvalue weighted by Crippen LogP contribution is -2.47. The largest absolute Gasteiger partial charge is 0.493 e. The second-order valence-electron chi connectivity index (χ2n) is 6.33. The Hall–Kier alpha value is -1.88. The number of rotatable bonds is 8. The molecule has 0 saturated carbocycles. The molecule has 1 aromatic rings. The third-order valence-electron chi connectivity index (χ3n) is 4.41. The smallest absolute Gasteiger partial charge is 0.173 e. The molecule has 4 nitrogen and oxygen atoms in total. The van der Waals surface area contributed by atoms with Gasteiger partial charge in [0.15, 0.2) is 10.9 Å². The van der Waals surface area contributed by atoms with Crippen LogP contribution in [0.5, 0.6) is 5.75 Å². The molecule has 25 heavy (non-hydrogen) atoms. The number of ether oxygens (including phenoxy) is 1. The van der Waals surface area contributed by atoms with Crippen molar-refractivity contribution in [2.45, 2.75) is 53.0 Å². The predicted molar refractivity (Wildman–Crippen MR) is 106 cm³/mol. The zero-order chi connectivity index (χ0) is 18.4. The van der Waals surface area contributed by atoms with Gasteiger partial charge in [0, 0.05) is 23.4 Å². The van der Waals surface area contributed by atoms with Crippen LogP contribution in [0, 0.1) is 0 Å². The number of thiocarbonyl (C=S) groups is 1. The van der Waals surface area contributed by atoms with Crippen molar-refractivity contribution in [3.8, 4) is 5.75 Å². The molecule has 1 aromatic carbocycles. The van der Waals surface area contributed by atoms with Gasteiger partial charge in [0.1, 0.15) is 5.75 Å². The number of ketones is 1. The van der Waals surface area contributed by atoms with Gasteiger partial charge in [0.05, 0.1) is 12.6 Å². The summed E-state index contributed by atoms with van der Waals surface area (Å²) in [7, 11) is 0. The van der Waals surface area contributed by atoms with Gasteiger partial charge in [-0.1, -0.05) is 38.5 Å². The molecule has 1 heterocycles. The summed E-state index contributed by atoms with van der Waals surface area (Å²) in [6.07, 6.45) is 3.05. The number of hydrogen-bond acceptors (Lipinski definition) is 3. The highest BCUT2D eigenvalue weighted by Crippen LogP contribution is 2.35. The molecule has 0 radical (unpaired) electrons. The van der Waals surface area contributed by atoms with Crippen LogP contribution in [0.3, 0.4) is 0 Å². The van der Waals surface area contributed by atoms with Gasteiger partial charge in [0.2, 0.25) is 0 Å². The molecular formula is C20H28N2O2S. The fraction of sp³-hybridized carbons (Fsp3) is 0.500. The van der Waals surface area contributed by atoms with Crippen molar-refractivity contribution < 1.29 is 9.53 Å². The van der Waals surface area contributed by atoms with E-state index in [0.717, 1.165) is 48.4 Å². The molecule has 1 aliphatic rings. The number of carbonyl (C=O) groups is 1. The minimum atomic E-state index is -0.268. The number of carbonyl (C=O) groups excluding carboxylic acids is 1. The summed E-state index contributed by atoms with van der Waals surface area (Å²) >= 11 is 5.56. The lowest BCUT2D eigenvalue weighted by Gasteiger charge is -2.38. The first-order chi connectivity index (χ1) is 12.0. The van der Waals surface area contributed by atoms with Gasteiger partial charge in [-0.15, -0.1) is 0 Å². The van der Waals surface area contributed by atoms with Crippen LogP contribution < -0.4 is 10.1 Å². The van der Waals surface area contributed by atoms with E-state index in [4.69, 9.17) is 17.0 Å². The van der Waals surface area contributed by atoms with Crippen LogP contribution in [0.25, 0.3) is 0 Å². The summed E-state index contributed by atoms with van der Waals surface area (Å²) in [5.74, 6) is 0.869. The number of benzene rings is 1. The highest BCUT2D eigenvalue weighted by Gasteiger charge is 2.33. The Morgan fingerprint density at radius 1 is 1.28 bits per heavy atom. The normalized spacial score (nSPS) is 17.5. The van der Waals surface area contributed by atoms with Crippen LogP contribution in [0.4, 0.5) is 0 Å².